The number of hydrogen-bond acceptors (Lipinski definition) is 2. The van der Waals surface area contributed by atoms with Crippen LogP contribution in [0.25, 0.3) is 0 Å². The highest BCUT2D eigenvalue weighted by Crippen LogP contribution is 2.29. The molecule has 1 heterocycles. The normalized spacial score (nSPS) is 19.4. The number of carbonyl (C=O) groups is 1. The molecule has 0 bridgehead atoms. The fraction of sp³-hybridized carbons (Fsp3) is 0.300. The Morgan fingerprint density at radius 3 is 2.94 bits per heavy atom. The lowest BCUT2D eigenvalue weighted by Crippen LogP contribution is -2.35. The number of cyclic esters (lactones) is 1. The molecule has 1 aromatic rings. The molecular weight excluding hydrogens is 300 g/mol. The van der Waals surface area contributed by atoms with Crippen LogP contribution in [-0.4, -0.2) is 12.7 Å². The van der Waals surface area contributed by atoms with E-state index in [0.717, 1.165) is 5.56 Å². The van der Waals surface area contributed by atoms with Crippen molar-refractivity contribution in [2.75, 3.05) is 6.61 Å². The van der Waals surface area contributed by atoms with E-state index in [4.69, 9.17) is 4.74 Å². The molecule has 1 N–H and O–H groups in total. The third kappa shape index (κ3) is 2.65. The van der Waals surface area contributed by atoms with E-state index in [1.165, 1.54) is 6.07 Å². The summed E-state index contributed by atoms with van der Waals surface area (Å²) in [5.41, 5.74) is 0.742. The maximum Gasteiger partial charge on any atom is 0.407 e. The molecule has 1 atom stereocenters. The third-order valence-electron chi connectivity index (χ3n) is 2.29. The molecule has 3 nitrogen and oxygen atoms in total. The van der Waals surface area contributed by atoms with Gasteiger partial charge in [0.05, 0.1) is 17.1 Å². The highest BCUT2D eigenvalue weighted by Gasteiger charge is 2.23. The van der Waals surface area contributed by atoms with Crippen LogP contribution in [0.3, 0.4) is 0 Å². The Balaban J connectivity index is 0.00000128. The van der Waals surface area contributed by atoms with Gasteiger partial charge in [-0.2, -0.15) is 0 Å². The molecule has 1 amide bonds. The molecule has 1 fully saturated rings. The summed E-state index contributed by atoms with van der Waals surface area (Å²) in [5.74, 6) is -0.326. The van der Waals surface area contributed by atoms with E-state index in [-0.39, 0.29) is 24.3 Å². The summed E-state index contributed by atoms with van der Waals surface area (Å²) >= 11 is 3.17. The molecule has 6 heteroatoms. The average Bonchev–Trinajstić information content (AvgIpc) is 2.22. The third-order valence-corrected chi connectivity index (χ3v) is 3.13. The molecule has 0 aromatic heterocycles. The number of ether oxygens (including phenoxy) is 1. The van der Waals surface area contributed by atoms with Crippen LogP contribution >= 0.6 is 28.3 Å². The molecule has 0 saturated carbocycles. The van der Waals surface area contributed by atoms with E-state index < -0.39 is 6.09 Å². The molecule has 0 unspecified atom stereocenters. The van der Waals surface area contributed by atoms with Crippen molar-refractivity contribution in [1.82, 2.24) is 5.32 Å². The fourth-order valence-corrected chi connectivity index (χ4v) is 2.09. The molecule has 1 saturated heterocycles. The van der Waals surface area contributed by atoms with Gasteiger partial charge in [0, 0.05) is 6.42 Å². The summed E-state index contributed by atoms with van der Waals surface area (Å²) < 4.78 is 18.4. The average molecular weight is 311 g/mol. The molecule has 1 aromatic carbocycles. The van der Waals surface area contributed by atoms with Crippen LogP contribution in [-0.2, 0) is 4.74 Å². The topological polar surface area (TPSA) is 38.3 Å². The van der Waals surface area contributed by atoms with Crippen LogP contribution in [0.15, 0.2) is 22.7 Å². The van der Waals surface area contributed by atoms with Crippen LogP contribution in [0.5, 0.6) is 0 Å². The van der Waals surface area contributed by atoms with E-state index >= 15 is 0 Å². The number of hydrogen-bond donors (Lipinski definition) is 1. The van der Waals surface area contributed by atoms with Gasteiger partial charge in [0.25, 0.3) is 0 Å². The standard InChI is InChI=1S/C10H9BrFNO2.ClH/c11-9-6(2-1-3-7(9)12)8-4-5-15-10(14)13-8;/h1-3,8H,4-5H2,(H,13,14);1H/t8-;/m1./s1. The lowest BCUT2D eigenvalue weighted by Gasteiger charge is -2.24. The van der Waals surface area contributed by atoms with Crippen LogP contribution < -0.4 is 5.32 Å². The Hall–Kier alpha value is -0.810. The quantitative estimate of drug-likeness (QED) is 0.865. The monoisotopic (exact) mass is 309 g/mol. The van der Waals surface area contributed by atoms with E-state index in [1.807, 2.05) is 0 Å². The maximum absolute atomic E-state index is 13.2. The Labute approximate surface area is 107 Å². The Kier molecular flexibility index (Phi) is 4.56. The van der Waals surface area contributed by atoms with E-state index in [2.05, 4.69) is 21.2 Å². The minimum Gasteiger partial charge on any atom is -0.449 e. The smallest absolute Gasteiger partial charge is 0.407 e. The summed E-state index contributed by atoms with van der Waals surface area (Å²) in [6.07, 6.45) is 0.191. The molecular formula is C10H10BrClFNO2. The number of nitrogens with one attached hydrogen (secondary N) is 1. The largest absolute Gasteiger partial charge is 0.449 e. The summed E-state index contributed by atoms with van der Waals surface area (Å²) in [4.78, 5) is 11.0. The minimum absolute atomic E-state index is 0. The van der Waals surface area contributed by atoms with Crippen molar-refractivity contribution in [3.05, 3.63) is 34.1 Å². The summed E-state index contributed by atoms with van der Waals surface area (Å²) in [6.45, 7) is 0.361. The van der Waals surface area contributed by atoms with E-state index in [0.29, 0.717) is 17.5 Å². The van der Waals surface area contributed by atoms with E-state index in [1.54, 1.807) is 12.1 Å². The van der Waals surface area contributed by atoms with Gasteiger partial charge >= 0.3 is 6.09 Å². The second kappa shape index (κ2) is 5.50. The number of carbonyl (C=O) groups excluding carboxylic acids is 1. The van der Waals surface area contributed by atoms with Gasteiger partial charge < -0.3 is 10.1 Å². The van der Waals surface area contributed by atoms with Gasteiger partial charge in [0.1, 0.15) is 5.82 Å². The van der Waals surface area contributed by atoms with Crippen LogP contribution in [0.1, 0.15) is 18.0 Å². The minimum atomic E-state index is -0.456. The Bertz CT molecular complexity index is 402. The first-order valence-electron chi connectivity index (χ1n) is 4.55. The second-order valence-corrected chi connectivity index (χ2v) is 4.06. The summed E-state index contributed by atoms with van der Waals surface area (Å²) in [7, 11) is 0. The van der Waals surface area contributed by atoms with Gasteiger partial charge in [0.2, 0.25) is 0 Å². The van der Waals surface area contributed by atoms with Crippen LogP contribution in [0.4, 0.5) is 9.18 Å². The van der Waals surface area contributed by atoms with Crippen molar-refractivity contribution in [2.45, 2.75) is 12.5 Å². The molecule has 1 aliphatic rings. The zero-order chi connectivity index (χ0) is 10.8. The molecule has 0 spiro atoms. The van der Waals surface area contributed by atoms with Crippen LogP contribution in [0, 0.1) is 5.82 Å². The van der Waals surface area contributed by atoms with Gasteiger partial charge in [-0.25, -0.2) is 9.18 Å². The van der Waals surface area contributed by atoms with Gasteiger partial charge in [0.15, 0.2) is 0 Å². The summed E-state index contributed by atoms with van der Waals surface area (Å²) in [5, 5.41) is 2.64. The zero-order valence-electron chi connectivity index (χ0n) is 8.20. The van der Waals surface area contributed by atoms with Crippen LogP contribution in [0.2, 0.25) is 0 Å². The fourth-order valence-electron chi connectivity index (χ4n) is 1.55. The molecule has 2 rings (SSSR count). The number of benzene rings is 1. The van der Waals surface area contributed by atoms with Crippen molar-refractivity contribution in [1.29, 1.82) is 0 Å². The SMILES string of the molecule is Cl.O=C1N[C@@H](c2cccc(F)c2Br)CCO1. The Morgan fingerprint density at radius 1 is 1.50 bits per heavy atom. The second-order valence-electron chi connectivity index (χ2n) is 3.26. The number of halogens is 3. The number of alkyl carbamates (subject to hydrolysis) is 1. The highest BCUT2D eigenvalue weighted by atomic mass is 79.9. The van der Waals surface area contributed by atoms with Crippen molar-refractivity contribution in [3.63, 3.8) is 0 Å². The molecule has 0 radical (unpaired) electrons. The predicted octanol–water partition coefficient (Wildman–Crippen LogP) is 3.18. The lowest BCUT2D eigenvalue weighted by molar-refractivity contribution is 0.115. The maximum atomic E-state index is 13.2. The molecule has 1 aliphatic heterocycles. The Morgan fingerprint density at radius 2 is 2.25 bits per heavy atom. The van der Waals surface area contributed by atoms with Gasteiger partial charge in [-0.05, 0) is 27.6 Å². The first kappa shape index (κ1) is 13.3. The molecule has 0 aliphatic carbocycles. The first-order valence-corrected chi connectivity index (χ1v) is 5.35. The van der Waals surface area contributed by atoms with Gasteiger partial charge in [-0.15, -0.1) is 12.4 Å². The van der Waals surface area contributed by atoms with Crippen molar-refractivity contribution >= 4 is 34.4 Å². The number of rotatable bonds is 1. The molecule has 16 heavy (non-hydrogen) atoms. The lowest BCUT2D eigenvalue weighted by atomic mass is 10.0. The first-order chi connectivity index (χ1) is 7.18. The summed E-state index contributed by atoms with van der Waals surface area (Å²) in [6, 6.07) is 4.59. The number of amides is 1. The zero-order valence-corrected chi connectivity index (χ0v) is 10.6. The van der Waals surface area contributed by atoms with Crippen molar-refractivity contribution in [3.8, 4) is 0 Å². The molecule has 88 valence electrons. The van der Waals surface area contributed by atoms with Gasteiger partial charge in [-0.3, -0.25) is 0 Å². The van der Waals surface area contributed by atoms with Crippen molar-refractivity contribution in [2.24, 2.45) is 0 Å². The predicted molar refractivity (Wildman–Crippen MR) is 63.2 cm³/mol. The van der Waals surface area contributed by atoms with Crippen molar-refractivity contribution < 1.29 is 13.9 Å². The highest BCUT2D eigenvalue weighted by molar-refractivity contribution is 9.10. The van der Waals surface area contributed by atoms with Gasteiger partial charge in [-0.1, -0.05) is 12.1 Å². The van der Waals surface area contributed by atoms with E-state index in [9.17, 15) is 9.18 Å².